The number of pyridine rings is 1. The van der Waals surface area contributed by atoms with E-state index in [4.69, 9.17) is 0 Å². The van der Waals surface area contributed by atoms with Crippen LogP contribution in [0.1, 0.15) is 12.5 Å². The Hall–Kier alpha value is -0.860. The van der Waals surface area contributed by atoms with E-state index >= 15 is 0 Å². The number of halogens is 4. The molecule has 0 atom stereocenters. The van der Waals surface area contributed by atoms with Gasteiger partial charge < -0.3 is 4.74 Å². The number of alkyl halides is 3. The van der Waals surface area contributed by atoms with E-state index in [1.807, 2.05) is 22.6 Å². The minimum Gasteiger partial charge on any atom is -0.481 e. The van der Waals surface area contributed by atoms with Gasteiger partial charge >= 0.3 is 6.18 Å². The van der Waals surface area contributed by atoms with Crippen molar-refractivity contribution in [3.05, 3.63) is 17.8 Å². The van der Waals surface area contributed by atoms with Crippen LogP contribution in [-0.2, 0) is 6.18 Å². The molecule has 0 spiro atoms. The lowest BCUT2D eigenvalue weighted by atomic mass is 10.2. The molecule has 0 saturated heterocycles. The molecule has 0 bridgehead atoms. The molecule has 0 saturated carbocycles. The molecule has 0 N–H and O–H groups in total. The molecule has 0 amide bonds. The molecular formula is C9H8F3IN2O. The number of ether oxygens (including phenoxy) is 1. The van der Waals surface area contributed by atoms with Crippen LogP contribution in [-0.4, -0.2) is 15.8 Å². The van der Waals surface area contributed by atoms with Crippen molar-refractivity contribution in [1.82, 2.24) is 4.98 Å². The SMILES string of the molecule is COc1ncc(N=C(C)I)cc1C(F)(F)F. The number of aromatic nitrogens is 1. The highest BCUT2D eigenvalue weighted by Crippen LogP contribution is 2.36. The highest BCUT2D eigenvalue weighted by molar-refractivity contribution is 14.1. The highest BCUT2D eigenvalue weighted by atomic mass is 127. The fourth-order valence-corrected chi connectivity index (χ4v) is 1.32. The number of hydrogen-bond donors (Lipinski definition) is 0. The smallest absolute Gasteiger partial charge is 0.421 e. The Kier molecular flexibility index (Phi) is 4.11. The topological polar surface area (TPSA) is 34.5 Å². The molecule has 0 aliphatic rings. The van der Waals surface area contributed by atoms with Crippen LogP contribution < -0.4 is 4.74 Å². The molecule has 0 aliphatic carbocycles. The summed E-state index contributed by atoms with van der Waals surface area (Å²) < 4.78 is 42.9. The summed E-state index contributed by atoms with van der Waals surface area (Å²) in [5.74, 6) is -0.447. The molecular weight excluding hydrogens is 336 g/mol. The van der Waals surface area contributed by atoms with Gasteiger partial charge in [-0.25, -0.2) is 9.98 Å². The second-order valence-corrected chi connectivity index (χ2v) is 4.42. The maximum absolute atomic E-state index is 12.6. The lowest BCUT2D eigenvalue weighted by Gasteiger charge is -2.10. The lowest BCUT2D eigenvalue weighted by molar-refractivity contribution is -0.139. The molecule has 3 nitrogen and oxygen atoms in total. The summed E-state index contributed by atoms with van der Waals surface area (Å²) in [5, 5.41) is 0. The van der Waals surface area contributed by atoms with Crippen LogP contribution in [0.2, 0.25) is 0 Å². The zero-order valence-corrected chi connectivity index (χ0v) is 10.6. The van der Waals surface area contributed by atoms with Crippen LogP contribution in [0.4, 0.5) is 18.9 Å². The molecule has 0 aromatic carbocycles. The number of rotatable bonds is 2. The van der Waals surface area contributed by atoms with E-state index in [2.05, 4.69) is 14.7 Å². The van der Waals surface area contributed by atoms with Gasteiger partial charge in [0.1, 0.15) is 5.56 Å². The predicted molar refractivity (Wildman–Crippen MR) is 62.6 cm³/mol. The molecule has 16 heavy (non-hydrogen) atoms. The Morgan fingerprint density at radius 3 is 2.56 bits per heavy atom. The monoisotopic (exact) mass is 344 g/mol. The van der Waals surface area contributed by atoms with E-state index in [1.54, 1.807) is 6.92 Å². The summed E-state index contributed by atoms with van der Waals surface area (Å²) in [6.45, 7) is 1.68. The lowest BCUT2D eigenvalue weighted by Crippen LogP contribution is -2.08. The number of hydrogen-bond acceptors (Lipinski definition) is 3. The Labute approximate surface area is 104 Å². The third-order valence-corrected chi connectivity index (χ3v) is 1.86. The van der Waals surface area contributed by atoms with Gasteiger partial charge in [-0.1, -0.05) is 0 Å². The van der Waals surface area contributed by atoms with Crippen molar-refractivity contribution >= 4 is 32.0 Å². The Bertz CT molecular complexity index is 414. The summed E-state index contributed by atoms with van der Waals surface area (Å²) in [5.41, 5.74) is -0.770. The van der Waals surface area contributed by atoms with Crippen molar-refractivity contribution in [1.29, 1.82) is 0 Å². The van der Waals surface area contributed by atoms with Crippen LogP contribution in [0.25, 0.3) is 0 Å². The van der Waals surface area contributed by atoms with Crippen LogP contribution in [0.3, 0.4) is 0 Å². The zero-order chi connectivity index (χ0) is 12.3. The van der Waals surface area contributed by atoms with Gasteiger partial charge in [-0.05, 0) is 35.6 Å². The first-order valence-corrected chi connectivity index (χ1v) is 5.24. The van der Waals surface area contributed by atoms with Crippen molar-refractivity contribution in [2.24, 2.45) is 4.99 Å². The van der Waals surface area contributed by atoms with Gasteiger partial charge in [0.25, 0.3) is 0 Å². The summed E-state index contributed by atoms with van der Waals surface area (Å²) in [6, 6.07) is 0.911. The number of aliphatic imine (C=N–C) groups is 1. The molecule has 1 rings (SSSR count). The molecule has 0 radical (unpaired) electrons. The van der Waals surface area contributed by atoms with Crippen molar-refractivity contribution in [3.8, 4) is 5.88 Å². The standard InChI is InChI=1S/C9H8F3IN2O/c1-5(13)15-6-3-7(9(10,11)12)8(16-2)14-4-6/h3-4H,1-2H3. The maximum atomic E-state index is 12.6. The first kappa shape index (κ1) is 13.2. The summed E-state index contributed by atoms with van der Waals surface area (Å²) >= 11 is 1.91. The largest absolute Gasteiger partial charge is 0.481 e. The summed E-state index contributed by atoms with van der Waals surface area (Å²) in [7, 11) is 1.14. The summed E-state index contributed by atoms with van der Waals surface area (Å²) in [6.07, 6.45) is -3.26. The first-order chi connectivity index (χ1) is 7.34. The molecule has 1 aromatic heterocycles. The van der Waals surface area contributed by atoms with E-state index in [9.17, 15) is 13.2 Å². The van der Waals surface area contributed by atoms with Crippen LogP contribution in [0, 0.1) is 0 Å². The van der Waals surface area contributed by atoms with E-state index in [0.717, 1.165) is 13.2 Å². The maximum Gasteiger partial charge on any atom is 0.421 e. The Morgan fingerprint density at radius 1 is 1.50 bits per heavy atom. The van der Waals surface area contributed by atoms with Gasteiger partial charge in [-0.2, -0.15) is 13.2 Å². The molecule has 88 valence electrons. The minimum atomic E-state index is -4.50. The van der Waals surface area contributed by atoms with E-state index < -0.39 is 17.6 Å². The van der Waals surface area contributed by atoms with Crippen LogP contribution in [0.5, 0.6) is 5.88 Å². The zero-order valence-electron chi connectivity index (χ0n) is 8.47. The highest BCUT2D eigenvalue weighted by Gasteiger charge is 2.35. The van der Waals surface area contributed by atoms with Crippen molar-refractivity contribution < 1.29 is 17.9 Å². The van der Waals surface area contributed by atoms with Crippen molar-refractivity contribution in [3.63, 3.8) is 0 Å². The second-order valence-electron chi connectivity index (χ2n) is 2.86. The van der Waals surface area contributed by atoms with Gasteiger partial charge in [-0.3, -0.25) is 0 Å². The second kappa shape index (κ2) is 4.98. The van der Waals surface area contributed by atoms with Crippen molar-refractivity contribution in [2.45, 2.75) is 13.1 Å². The predicted octanol–water partition coefficient (Wildman–Crippen LogP) is 3.59. The van der Waals surface area contributed by atoms with Gasteiger partial charge in [-0.15, -0.1) is 0 Å². The Balaban J connectivity index is 3.27. The van der Waals surface area contributed by atoms with Gasteiger partial charge in [0, 0.05) is 0 Å². The molecule has 1 heterocycles. The molecule has 0 fully saturated rings. The van der Waals surface area contributed by atoms with E-state index in [-0.39, 0.29) is 5.69 Å². The van der Waals surface area contributed by atoms with Gasteiger partial charge in [0.15, 0.2) is 0 Å². The van der Waals surface area contributed by atoms with Crippen LogP contribution >= 0.6 is 22.6 Å². The summed E-state index contributed by atoms with van der Waals surface area (Å²) in [4.78, 5) is 7.46. The average molecular weight is 344 g/mol. The average Bonchev–Trinajstić information content (AvgIpc) is 2.15. The first-order valence-electron chi connectivity index (χ1n) is 4.16. The minimum absolute atomic E-state index is 0.153. The Morgan fingerprint density at radius 2 is 2.12 bits per heavy atom. The molecule has 1 aromatic rings. The van der Waals surface area contributed by atoms with E-state index in [0.29, 0.717) is 3.72 Å². The molecule has 7 heteroatoms. The fourth-order valence-electron chi connectivity index (χ4n) is 1.05. The molecule has 0 aliphatic heterocycles. The third-order valence-electron chi connectivity index (χ3n) is 1.62. The normalized spacial score (nSPS) is 12.8. The quantitative estimate of drug-likeness (QED) is 0.607. The fraction of sp³-hybridized carbons (Fsp3) is 0.333. The number of methoxy groups -OCH3 is 1. The number of nitrogens with zero attached hydrogens (tertiary/aromatic N) is 2. The van der Waals surface area contributed by atoms with Crippen LogP contribution in [0.15, 0.2) is 17.3 Å². The van der Waals surface area contributed by atoms with E-state index in [1.165, 1.54) is 6.20 Å². The van der Waals surface area contributed by atoms with Gasteiger partial charge in [0.2, 0.25) is 5.88 Å². The third kappa shape index (κ3) is 3.32. The molecule has 0 unspecified atom stereocenters. The van der Waals surface area contributed by atoms with Crippen molar-refractivity contribution in [2.75, 3.05) is 7.11 Å². The van der Waals surface area contributed by atoms with Gasteiger partial charge in [0.05, 0.1) is 22.7 Å².